The van der Waals surface area contributed by atoms with Crippen molar-refractivity contribution >= 4 is 5.97 Å². The lowest BCUT2D eigenvalue weighted by Gasteiger charge is -2.35. The van der Waals surface area contributed by atoms with E-state index in [1.165, 1.54) is 39.2 Å². The quantitative estimate of drug-likeness (QED) is 0.693. The highest BCUT2D eigenvalue weighted by Gasteiger charge is 2.53. The van der Waals surface area contributed by atoms with Crippen molar-refractivity contribution in [1.29, 1.82) is 0 Å². The molecule has 16 heavy (non-hydrogen) atoms. The summed E-state index contributed by atoms with van der Waals surface area (Å²) in [6.45, 7) is 0.799. The number of hydrogen-bond donors (Lipinski definition) is 0. The normalized spacial score (nSPS) is 38.1. The minimum Gasteiger partial charge on any atom is -0.469 e. The van der Waals surface area contributed by atoms with Crippen molar-refractivity contribution in [3.63, 3.8) is 0 Å². The zero-order valence-corrected chi connectivity index (χ0v) is 10.3. The number of hydrogen-bond acceptors (Lipinski definition) is 3. The Morgan fingerprint density at radius 1 is 1.25 bits per heavy atom. The Kier molecular flexibility index (Phi) is 3.53. The van der Waals surface area contributed by atoms with Gasteiger partial charge in [-0.2, -0.15) is 0 Å². The molecule has 2 saturated carbocycles. The number of methoxy groups -OCH3 is 2. The van der Waals surface area contributed by atoms with Gasteiger partial charge < -0.3 is 9.47 Å². The molecule has 92 valence electrons. The van der Waals surface area contributed by atoms with E-state index in [0.717, 1.165) is 13.0 Å². The second-order valence-electron chi connectivity index (χ2n) is 5.25. The molecule has 3 atom stereocenters. The maximum Gasteiger partial charge on any atom is 0.309 e. The molecule has 0 aliphatic heterocycles. The maximum atomic E-state index is 11.9. The van der Waals surface area contributed by atoms with E-state index in [4.69, 9.17) is 9.47 Å². The molecule has 0 radical (unpaired) electrons. The van der Waals surface area contributed by atoms with Crippen molar-refractivity contribution in [2.75, 3.05) is 20.8 Å². The van der Waals surface area contributed by atoms with Crippen LogP contribution in [0.4, 0.5) is 0 Å². The highest BCUT2D eigenvalue weighted by Crippen LogP contribution is 2.57. The predicted octanol–water partition coefficient (Wildman–Crippen LogP) is 2.39. The van der Waals surface area contributed by atoms with Gasteiger partial charge in [-0.15, -0.1) is 0 Å². The van der Waals surface area contributed by atoms with E-state index >= 15 is 0 Å². The molecule has 1 spiro atoms. The van der Waals surface area contributed by atoms with E-state index in [2.05, 4.69) is 0 Å². The summed E-state index contributed by atoms with van der Waals surface area (Å²) in [6.07, 6.45) is 6.98. The summed E-state index contributed by atoms with van der Waals surface area (Å²) in [5.74, 6) is 0.685. The van der Waals surface area contributed by atoms with Gasteiger partial charge in [0.2, 0.25) is 0 Å². The van der Waals surface area contributed by atoms with Crippen LogP contribution in [0, 0.1) is 17.3 Å². The third-order valence-corrected chi connectivity index (χ3v) is 4.69. The van der Waals surface area contributed by atoms with Gasteiger partial charge in [0, 0.05) is 13.7 Å². The second-order valence-corrected chi connectivity index (χ2v) is 5.25. The minimum absolute atomic E-state index is 0.000466. The average Bonchev–Trinajstić information content (AvgIpc) is 2.88. The molecular weight excluding hydrogens is 204 g/mol. The second kappa shape index (κ2) is 4.74. The molecule has 2 aliphatic carbocycles. The van der Waals surface area contributed by atoms with E-state index in [-0.39, 0.29) is 17.3 Å². The molecule has 0 aromatic heterocycles. The molecule has 0 bridgehead atoms. The topological polar surface area (TPSA) is 35.5 Å². The molecule has 2 fully saturated rings. The monoisotopic (exact) mass is 226 g/mol. The smallest absolute Gasteiger partial charge is 0.309 e. The number of ether oxygens (including phenoxy) is 2. The highest BCUT2D eigenvalue weighted by molar-refractivity contribution is 5.73. The first-order valence-electron chi connectivity index (χ1n) is 6.31. The third-order valence-electron chi connectivity index (χ3n) is 4.69. The first kappa shape index (κ1) is 11.9. The summed E-state index contributed by atoms with van der Waals surface area (Å²) >= 11 is 0. The van der Waals surface area contributed by atoms with Gasteiger partial charge in [0.1, 0.15) is 0 Å². The molecular formula is C13H22O3. The standard InChI is InChI=1S/C13H22O3/c1-15-9-10-5-3-7-13(10)8-4-6-11(13)12(14)16-2/h10-11H,3-9H2,1-2H3/t10-,11-,13+/m0/s1. The molecule has 0 aromatic carbocycles. The lowest BCUT2D eigenvalue weighted by atomic mass is 9.70. The zero-order chi connectivity index (χ0) is 11.6. The maximum absolute atomic E-state index is 11.9. The van der Waals surface area contributed by atoms with Crippen molar-refractivity contribution in [1.82, 2.24) is 0 Å². The van der Waals surface area contributed by atoms with Gasteiger partial charge in [-0.3, -0.25) is 4.79 Å². The lowest BCUT2D eigenvalue weighted by Crippen LogP contribution is -2.37. The number of carbonyl (C=O) groups is 1. The van der Waals surface area contributed by atoms with Gasteiger partial charge in [0.25, 0.3) is 0 Å². The van der Waals surface area contributed by atoms with Crippen LogP contribution in [0.1, 0.15) is 38.5 Å². The zero-order valence-electron chi connectivity index (χ0n) is 10.3. The van der Waals surface area contributed by atoms with E-state index in [1.807, 2.05) is 0 Å². The van der Waals surface area contributed by atoms with Crippen molar-refractivity contribution in [3.05, 3.63) is 0 Å². The summed E-state index contributed by atoms with van der Waals surface area (Å²) in [5.41, 5.74) is 0.198. The first-order valence-corrected chi connectivity index (χ1v) is 6.31. The van der Waals surface area contributed by atoms with Crippen molar-refractivity contribution < 1.29 is 14.3 Å². The summed E-state index contributed by atoms with van der Waals surface area (Å²) in [6, 6.07) is 0. The van der Waals surface area contributed by atoms with Gasteiger partial charge in [0.05, 0.1) is 13.0 Å². The summed E-state index contributed by atoms with van der Waals surface area (Å²) < 4.78 is 10.3. The molecule has 3 nitrogen and oxygen atoms in total. The number of esters is 1. The molecule has 0 saturated heterocycles. The van der Waals surface area contributed by atoms with E-state index in [9.17, 15) is 4.79 Å². The Labute approximate surface area is 97.5 Å². The van der Waals surface area contributed by atoms with Crippen molar-refractivity contribution in [3.8, 4) is 0 Å². The van der Waals surface area contributed by atoms with Crippen LogP contribution in [0.2, 0.25) is 0 Å². The van der Waals surface area contributed by atoms with Crippen LogP contribution in [0.15, 0.2) is 0 Å². The van der Waals surface area contributed by atoms with Gasteiger partial charge in [0.15, 0.2) is 0 Å². The number of carbonyl (C=O) groups excluding carboxylic acids is 1. The van der Waals surface area contributed by atoms with Crippen LogP contribution >= 0.6 is 0 Å². The SMILES string of the molecule is COC[C@@H]1CCC[C@@]12CCC[C@H]2C(=O)OC. The minimum atomic E-state index is 0.000466. The molecule has 3 heteroatoms. The van der Waals surface area contributed by atoms with Gasteiger partial charge in [-0.25, -0.2) is 0 Å². The average molecular weight is 226 g/mol. The number of rotatable bonds is 3. The Morgan fingerprint density at radius 2 is 1.94 bits per heavy atom. The molecule has 0 heterocycles. The molecule has 2 rings (SSSR count). The van der Waals surface area contributed by atoms with Gasteiger partial charge in [-0.05, 0) is 37.0 Å². The summed E-state index contributed by atoms with van der Waals surface area (Å²) in [7, 11) is 3.27. The van der Waals surface area contributed by atoms with Crippen LogP contribution < -0.4 is 0 Å². The lowest BCUT2D eigenvalue weighted by molar-refractivity contribution is -0.150. The van der Waals surface area contributed by atoms with Gasteiger partial charge >= 0.3 is 5.97 Å². The fraction of sp³-hybridized carbons (Fsp3) is 0.923. The van der Waals surface area contributed by atoms with E-state index < -0.39 is 0 Å². The highest BCUT2D eigenvalue weighted by atomic mass is 16.5. The largest absolute Gasteiger partial charge is 0.469 e. The summed E-state index contributed by atoms with van der Waals surface area (Å²) in [5, 5.41) is 0. The molecule has 0 N–H and O–H groups in total. The van der Waals surface area contributed by atoms with Crippen LogP contribution in [0.3, 0.4) is 0 Å². The Balaban J connectivity index is 2.17. The third kappa shape index (κ3) is 1.75. The van der Waals surface area contributed by atoms with Crippen molar-refractivity contribution in [2.24, 2.45) is 17.3 Å². The van der Waals surface area contributed by atoms with E-state index in [1.54, 1.807) is 7.11 Å². The van der Waals surface area contributed by atoms with Crippen LogP contribution in [-0.4, -0.2) is 26.8 Å². The fourth-order valence-electron chi connectivity index (χ4n) is 4.00. The van der Waals surface area contributed by atoms with E-state index in [0.29, 0.717) is 5.92 Å². The fourth-order valence-corrected chi connectivity index (χ4v) is 4.00. The Morgan fingerprint density at radius 3 is 2.56 bits per heavy atom. The van der Waals surface area contributed by atoms with Crippen LogP contribution in [-0.2, 0) is 14.3 Å². The Hall–Kier alpha value is -0.570. The van der Waals surface area contributed by atoms with Crippen molar-refractivity contribution in [2.45, 2.75) is 38.5 Å². The summed E-state index contributed by atoms with van der Waals surface area (Å²) in [4.78, 5) is 11.9. The first-order chi connectivity index (χ1) is 7.74. The molecule has 0 aromatic rings. The Bertz CT molecular complexity index is 260. The van der Waals surface area contributed by atoms with Crippen LogP contribution in [0.25, 0.3) is 0 Å². The molecule has 2 aliphatic rings. The molecule has 0 amide bonds. The van der Waals surface area contributed by atoms with Gasteiger partial charge in [-0.1, -0.05) is 12.8 Å². The van der Waals surface area contributed by atoms with Crippen LogP contribution in [0.5, 0.6) is 0 Å². The predicted molar refractivity (Wildman–Crippen MR) is 61.0 cm³/mol. The molecule has 0 unspecified atom stereocenters.